The number of sulfonamides is 1. The van der Waals surface area contributed by atoms with E-state index in [9.17, 15) is 18.0 Å². The molecule has 0 heterocycles. The molecule has 0 aliphatic carbocycles. The molecule has 0 spiro atoms. The van der Waals surface area contributed by atoms with Gasteiger partial charge in [-0.2, -0.15) is 4.31 Å². The number of nitrogens with one attached hydrogen (secondary N) is 1. The molecule has 39 heavy (non-hydrogen) atoms. The highest BCUT2D eigenvalue weighted by Gasteiger charge is 2.33. The highest BCUT2D eigenvalue weighted by atomic mass is 32.2. The molecule has 8 nitrogen and oxygen atoms in total. The van der Waals surface area contributed by atoms with Crippen molar-refractivity contribution in [3.05, 3.63) is 102 Å². The lowest BCUT2D eigenvalue weighted by molar-refractivity contribution is -0.141. The molecule has 0 unspecified atom stereocenters. The van der Waals surface area contributed by atoms with Crippen molar-refractivity contribution in [1.82, 2.24) is 14.5 Å². The predicted molar refractivity (Wildman–Crippen MR) is 152 cm³/mol. The number of rotatable bonds is 14. The van der Waals surface area contributed by atoms with Crippen molar-refractivity contribution in [3.63, 3.8) is 0 Å². The number of hydrogen-bond acceptors (Lipinski definition) is 5. The summed E-state index contributed by atoms with van der Waals surface area (Å²) in [6.45, 7) is 2.25. The van der Waals surface area contributed by atoms with E-state index < -0.39 is 28.5 Å². The Bertz CT molecular complexity index is 1300. The topological polar surface area (TPSA) is 96.0 Å². The van der Waals surface area contributed by atoms with Crippen LogP contribution in [0.2, 0.25) is 0 Å². The standard InChI is InChI=1S/C30H37N3O5S/c1-4-5-20-31-30(35)29(26-14-10-7-11-15-26)33(22-25-16-18-27(38-2)19-17-25)28(34)23-32(39(3,36)37)21-24-12-8-6-9-13-24/h6-19,29H,4-5,20-23H2,1-3H3,(H,31,35)/t29-/m0/s1. The molecule has 0 fully saturated rings. The third-order valence-electron chi connectivity index (χ3n) is 6.32. The maximum Gasteiger partial charge on any atom is 0.247 e. The zero-order valence-corrected chi connectivity index (χ0v) is 23.6. The number of carbonyl (C=O) groups is 2. The molecule has 0 aromatic heterocycles. The molecule has 0 radical (unpaired) electrons. The van der Waals surface area contributed by atoms with Gasteiger partial charge >= 0.3 is 0 Å². The fraction of sp³-hybridized carbons (Fsp3) is 0.333. The minimum absolute atomic E-state index is 0.0422. The Morgan fingerprint density at radius 2 is 1.46 bits per heavy atom. The van der Waals surface area contributed by atoms with Crippen LogP contribution in [0.5, 0.6) is 5.75 Å². The third kappa shape index (κ3) is 8.94. The van der Waals surface area contributed by atoms with Crippen molar-refractivity contribution < 1.29 is 22.7 Å². The molecule has 3 aromatic carbocycles. The van der Waals surface area contributed by atoms with Gasteiger partial charge in [0, 0.05) is 19.6 Å². The molecule has 0 aliphatic rings. The zero-order chi connectivity index (χ0) is 28.3. The number of benzene rings is 3. The monoisotopic (exact) mass is 551 g/mol. The second-order valence-electron chi connectivity index (χ2n) is 9.34. The van der Waals surface area contributed by atoms with E-state index in [-0.39, 0.29) is 19.0 Å². The van der Waals surface area contributed by atoms with Crippen LogP contribution in [0.3, 0.4) is 0 Å². The molecule has 3 rings (SSSR count). The van der Waals surface area contributed by atoms with Gasteiger partial charge in [-0.25, -0.2) is 8.42 Å². The maximum atomic E-state index is 14.0. The smallest absolute Gasteiger partial charge is 0.247 e. The van der Waals surface area contributed by atoms with E-state index >= 15 is 0 Å². The van der Waals surface area contributed by atoms with Crippen LogP contribution in [-0.4, -0.2) is 55.9 Å². The summed E-state index contributed by atoms with van der Waals surface area (Å²) in [5, 5.41) is 2.96. The van der Waals surface area contributed by atoms with E-state index in [1.165, 1.54) is 4.90 Å². The van der Waals surface area contributed by atoms with Crippen molar-refractivity contribution in [3.8, 4) is 5.75 Å². The second kappa shape index (κ2) is 14.5. The van der Waals surface area contributed by atoms with Crippen LogP contribution in [0.1, 0.15) is 42.5 Å². The van der Waals surface area contributed by atoms with Crippen molar-refractivity contribution >= 4 is 21.8 Å². The van der Waals surface area contributed by atoms with Gasteiger partial charge in [-0.3, -0.25) is 9.59 Å². The summed E-state index contributed by atoms with van der Waals surface area (Å²) >= 11 is 0. The first-order valence-electron chi connectivity index (χ1n) is 13.0. The van der Waals surface area contributed by atoms with Crippen LogP contribution in [-0.2, 0) is 32.7 Å². The number of methoxy groups -OCH3 is 1. The van der Waals surface area contributed by atoms with Crippen LogP contribution >= 0.6 is 0 Å². The molecule has 2 amide bonds. The largest absolute Gasteiger partial charge is 0.497 e. The van der Waals surface area contributed by atoms with Gasteiger partial charge in [-0.05, 0) is 35.2 Å². The molecule has 1 atom stereocenters. The molecule has 1 N–H and O–H groups in total. The molecule has 9 heteroatoms. The Morgan fingerprint density at radius 1 is 0.872 bits per heavy atom. The lowest BCUT2D eigenvalue weighted by Crippen LogP contribution is -2.47. The van der Waals surface area contributed by atoms with Crippen molar-refractivity contribution in [2.45, 2.75) is 38.9 Å². The van der Waals surface area contributed by atoms with Gasteiger partial charge in [0.05, 0.1) is 19.9 Å². The van der Waals surface area contributed by atoms with Crippen LogP contribution in [0.25, 0.3) is 0 Å². The fourth-order valence-electron chi connectivity index (χ4n) is 4.16. The van der Waals surface area contributed by atoms with Gasteiger partial charge in [0.2, 0.25) is 21.8 Å². The number of unbranched alkanes of at least 4 members (excludes halogenated alkanes) is 1. The Labute approximate surface area is 231 Å². The van der Waals surface area contributed by atoms with E-state index in [1.54, 1.807) is 31.4 Å². The maximum absolute atomic E-state index is 14.0. The molecule has 0 aliphatic heterocycles. The van der Waals surface area contributed by atoms with Crippen LogP contribution in [0, 0.1) is 0 Å². The van der Waals surface area contributed by atoms with E-state index in [2.05, 4.69) is 5.32 Å². The summed E-state index contributed by atoms with van der Waals surface area (Å²) in [4.78, 5) is 29.0. The van der Waals surface area contributed by atoms with E-state index in [1.807, 2.05) is 67.6 Å². The average molecular weight is 552 g/mol. The minimum Gasteiger partial charge on any atom is -0.497 e. The first-order chi connectivity index (χ1) is 18.7. The fourth-order valence-corrected chi connectivity index (χ4v) is 4.89. The Morgan fingerprint density at radius 3 is 2.03 bits per heavy atom. The van der Waals surface area contributed by atoms with Crippen molar-refractivity contribution in [2.75, 3.05) is 26.5 Å². The Balaban J connectivity index is 2.00. The molecule has 0 bridgehead atoms. The van der Waals surface area contributed by atoms with Gasteiger partial charge in [-0.1, -0.05) is 86.1 Å². The summed E-state index contributed by atoms with van der Waals surface area (Å²) in [6.07, 6.45) is 2.80. The summed E-state index contributed by atoms with van der Waals surface area (Å²) in [6, 6.07) is 24.5. The van der Waals surface area contributed by atoms with Crippen LogP contribution in [0.15, 0.2) is 84.9 Å². The average Bonchev–Trinajstić information content (AvgIpc) is 2.93. The molecular formula is C30H37N3O5S. The second-order valence-corrected chi connectivity index (χ2v) is 11.3. The molecule has 208 valence electrons. The van der Waals surface area contributed by atoms with Crippen LogP contribution < -0.4 is 10.1 Å². The lowest BCUT2D eigenvalue weighted by Gasteiger charge is -2.33. The van der Waals surface area contributed by atoms with E-state index in [4.69, 9.17) is 4.74 Å². The van der Waals surface area contributed by atoms with E-state index in [0.29, 0.717) is 17.9 Å². The Hall–Kier alpha value is -3.69. The number of carbonyl (C=O) groups excluding carboxylic acids is 2. The quantitative estimate of drug-likeness (QED) is 0.304. The molecule has 0 saturated heterocycles. The summed E-state index contributed by atoms with van der Waals surface area (Å²) in [5.41, 5.74) is 2.18. The van der Waals surface area contributed by atoms with Gasteiger partial charge in [-0.15, -0.1) is 0 Å². The number of ether oxygens (including phenoxy) is 1. The van der Waals surface area contributed by atoms with Crippen molar-refractivity contribution in [1.29, 1.82) is 0 Å². The summed E-state index contributed by atoms with van der Waals surface area (Å²) in [5.74, 6) is -0.128. The molecule has 3 aromatic rings. The first-order valence-corrected chi connectivity index (χ1v) is 14.8. The highest BCUT2D eigenvalue weighted by Crippen LogP contribution is 2.25. The van der Waals surface area contributed by atoms with Gasteiger partial charge in [0.1, 0.15) is 11.8 Å². The number of hydrogen-bond donors (Lipinski definition) is 1. The summed E-state index contributed by atoms with van der Waals surface area (Å²) < 4.78 is 31.9. The first kappa shape index (κ1) is 29.9. The predicted octanol–water partition coefficient (Wildman–Crippen LogP) is 4.14. The number of amides is 2. The minimum atomic E-state index is -3.73. The van der Waals surface area contributed by atoms with E-state index in [0.717, 1.165) is 34.5 Å². The highest BCUT2D eigenvalue weighted by molar-refractivity contribution is 7.88. The van der Waals surface area contributed by atoms with Crippen LogP contribution in [0.4, 0.5) is 0 Å². The SMILES string of the molecule is CCCCNC(=O)[C@H](c1ccccc1)N(Cc1ccc(OC)cc1)C(=O)CN(Cc1ccccc1)S(C)(=O)=O. The van der Waals surface area contributed by atoms with Gasteiger partial charge in [0.25, 0.3) is 0 Å². The molecule has 0 saturated carbocycles. The zero-order valence-electron chi connectivity index (χ0n) is 22.7. The third-order valence-corrected chi connectivity index (χ3v) is 7.52. The van der Waals surface area contributed by atoms with Crippen molar-refractivity contribution in [2.24, 2.45) is 0 Å². The van der Waals surface area contributed by atoms with Gasteiger partial charge < -0.3 is 15.0 Å². The number of nitrogens with zero attached hydrogens (tertiary/aromatic N) is 2. The summed E-state index contributed by atoms with van der Waals surface area (Å²) in [7, 11) is -2.16. The lowest BCUT2D eigenvalue weighted by atomic mass is 10.0. The molecular weight excluding hydrogens is 514 g/mol. The Kier molecular flexibility index (Phi) is 11.1. The normalized spacial score (nSPS) is 12.1. The van der Waals surface area contributed by atoms with Gasteiger partial charge in [0.15, 0.2) is 0 Å².